The summed E-state index contributed by atoms with van der Waals surface area (Å²) in [5.41, 5.74) is 1.59. The van der Waals surface area contributed by atoms with Gasteiger partial charge in [0.15, 0.2) is 0 Å². The molecular formula is C18H15ClN2O3. The summed E-state index contributed by atoms with van der Waals surface area (Å²) in [5.74, 6) is -0.891. The fourth-order valence-corrected chi connectivity index (χ4v) is 2.35. The molecule has 0 radical (unpaired) electrons. The van der Waals surface area contributed by atoms with Gasteiger partial charge in [0.05, 0.1) is 11.6 Å². The second-order valence-electron chi connectivity index (χ2n) is 5.03. The number of esters is 1. The minimum atomic E-state index is -0.489. The Morgan fingerprint density at radius 1 is 1.21 bits per heavy atom. The normalized spacial score (nSPS) is 11.2. The summed E-state index contributed by atoms with van der Waals surface area (Å²) in [4.78, 5) is 23.5. The average molecular weight is 343 g/mol. The van der Waals surface area contributed by atoms with Crippen molar-refractivity contribution in [3.8, 4) is 6.07 Å². The van der Waals surface area contributed by atoms with Crippen LogP contribution in [0, 0.1) is 11.3 Å². The van der Waals surface area contributed by atoms with Gasteiger partial charge in [0, 0.05) is 16.3 Å². The molecule has 1 atom stereocenters. The highest BCUT2D eigenvalue weighted by atomic mass is 35.5. The van der Waals surface area contributed by atoms with Crippen molar-refractivity contribution in [2.24, 2.45) is 0 Å². The maximum absolute atomic E-state index is 12.2. The minimum Gasteiger partial charge on any atom is -0.454 e. The smallest absolute Gasteiger partial charge is 0.338 e. The van der Waals surface area contributed by atoms with Crippen molar-refractivity contribution >= 4 is 29.2 Å². The van der Waals surface area contributed by atoms with E-state index in [0.29, 0.717) is 16.3 Å². The maximum Gasteiger partial charge on any atom is 0.338 e. The number of nitrogens with zero attached hydrogens (tertiary/aromatic N) is 1. The zero-order valence-corrected chi connectivity index (χ0v) is 13.7. The van der Waals surface area contributed by atoms with E-state index in [9.17, 15) is 9.59 Å². The first-order chi connectivity index (χ1) is 11.5. The second-order valence-corrected chi connectivity index (χ2v) is 5.44. The van der Waals surface area contributed by atoms with Crippen LogP contribution in [0.25, 0.3) is 0 Å². The number of carbonyl (C=O) groups excluding carboxylic acids is 2. The molecule has 0 unspecified atom stereocenters. The number of hydrogen-bond acceptors (Lipinski definition) is 4. The molecule has 2 aromatic rings. The average Bonchev–Trinajstić information content (AvgIpc) is 2.56. The first kappa shape index (κ1) is 17.5. The molecule has 6 heteroatoms. The zero-order valence-electron chi connectivity index (χ0n) is 13.0. The number of ether oxygens (including phenoxy) is 1. The molecule has 0 saturated heterocycles. The Balaban J connectivity index is 2.01. The third-order valence-electron chi connectivity index (χ3n) is 3.27. The van der Waals surface area contributed by atoms with Crippen LogP contribution in [0.4, 0.5) is 5.69 Å². The Hall–Kier alpha value is -2.84. The topological polar surface area (TPSA) is 79.2 Å². The van der Waals surface area contributed by atoms with Crippen LogP contribution in [-0.2, 0) is 9.53 Å². The zero-order chi connectivity index (χ0) is 17.5. The number of nitrogens with one attached hydrogen (secondary N) is 1. The van der Waals surface area contributed by atoms with E-state index in [4.69, 9.17) is 21.6 Å². The highest BCUT2D eigenvalue weighted by molar-refractivity contribution is 6.31. The van der Waals surface area contributed by atoms with Crippen molar-refractivity contribution in [2.45, 2.75) is 19.4 Å². The van der Waals surface area contributed by atoms with Gasteiger partial charge in [-0.05, 0) is 37.3 Å². The van der Waals surface area contributed by atoms with Crippen molar-refractivity contribution in [1.82, 2.24) is 0 Å². The second kappa shape index (κ2) is 8.14. The largest absolute Gasteiger partial charge is 0.454 e. The Labute approximate surface area is 144 Å². The van der Waals surface area contributed by atoms with Gasteiger partial charge in [0.25, 0.3) is 0 Å². The van der Waals surface area contributed by atoms with Crippen LogP contribution in [0.1, 0.15) is 35.4 Å². The quantitative estimate of drug-likeness (QED) is 0.829. The first-order valence-electron chi connectivity index (χ1n) is 7.23. The summed E-state index contributed by atoms with van der Waals surface area (Å²) in [5, 5.41) is 11.5. The third kappa shape index (κ3) is 4.58. The molecule has 0 aromatic heterocycles. The monoisotopic (exact) mass is 342 g/mol. The molecule has 0 aliphatic rings. The number of amides is 1. The van der Waals surface area contributed by atoms with E-state index in [-0.39, 0.29) is 6.42 Å². The molecule has 0 spiro atoms. The van der Waals surface area contributed by atoms with Gasteiger partial charge in [0.2, 0.25) is 5.91 Å². The lowest BCUT2D eigenvalue weighted by Crippen LogP contribution is -2.11. The Morgan fingerprint density at radius 3 is 2.50 bits per heavy atom. The summed E-state index contributed by atoms with van der Waals surface area (Å²) in [6.45, 7) is 1.75. The maximum atomic E-state index is 12.2. The number of halogens is 1. The predicted octanol–water partition coefficient (Wildman–Crippen LogP) is 4.11. The van der Waals surface area contributed by atoms with Gasteiger partial charge >= 0.3 is 5.97 Å². The number of carbonyl (C=O) groups is 2. The van der Waals surface area contributed by atoms with Crippen molar-refractivity contribution < 1.29 is 14.3 Å². The number of anilines is 1. The Morgan fingerprint density at radius 2 is 1.88 bits per heavy atom. The molecule has 2 rings (SSSR count). The minimum absolute atomic E-state index is 0.223. The fraction of sp³-hybridized carbons (Fsp3) is 0.167. The van der Waals surface area contributed by atoms with Crippen LogP contribution >= 0.6 is 11.6 Å². The van der Waals surface area contributed by atoms with Gasteiger partial charge in [-0.15, -0.1) is 0 Å². The van der Waals surface area contributed by atoms with Gasteiger partial charge in [-0.1, -0.05) is 29.8 Å². The standard InChI is InChI=1S/C18H15ClN2O3/c1-12(15-4-2-3-5-16(15)19)24-18(23)13-6-8-14(9-7-13)21-17(22)10-11-20/h2-9,12H,10H2,1H3,(H,21,22)/t12-/m1/s1. The van der Waals surface area contributed by atoms with Crippen LogP contribution in [0.3, 0.4) is 0 Å². The van der Waals surface area contributed by atoms with Gasteiger partial charge < -0.3 is 10.1 Å². The van der Waals surface area contributed by atoms with Crippen LogP contribution < -0.4 is 5.32 Å². The Bertz CT molecular complexity index is 782. The van der Waals surface area contributed by atoms with E-state index in [1.165, 1.54) is 0 Å². The molecule has 2 aromatic carbocycles. The van der Waals surface area contributed by atoms with E-state index in [1.807, 2.05) is 6.07 Å². The molecule has 24 heavy (non-hydrogen) atoms. The lowest BCUT2D eigenvalue weighted by molar-refractivity contribution is -0.115. The molecule has 0 heterocycles. The number of nitriles is 1. The van der Waals surface area contributed by atoms with Crippen LogP contribution in [0.2, 0.25) is 5.02 Å². The van der Waals surface area contributed by atoms with Crippen molar-refractivity contribution in [1.29, 1.82) is 5.26 Å². The van der Waals surface area contributed by atoms with Gasteiger partial charge in [-0.3, -0.25) is 4.79 Å². The van der Waals surface area contributed by atoms with Crippen LogP contribution in [0.5, 0.6) is 0 Å². The van der Waals surface area contributed by atoms with Gasteiger partial charge in [-0.25, -0.2) is 4.79 Å². The van der Waals surface area contributed by atoms with E-state index >= 15 is 0 Å². The summed E-state index contributed by atoms with van der Waals surface area (Å²) in [6, 6.07) is 15.2. The molecular weight excluding hydrogens is 328 g/mol. The van der Waals surface area contributed by atoms with Crippen molar-refractivity contribution in [2.75, 3.05) is 5.32 Å². The lowest BCUT2D eigenvalue weighted by atomic mass is 10.1. The SMILES string of the molecule is C[C@@H](OC(=O)c1ccc(NC(=O)CC#N)cc1)c1ccccc1Cl. The molecule has 0 bridgehead atoms. The lowest BCUT2D eigenvalue weighted by Gasteiger charge is -2.15. The van der Waals surface area contributed by atoms with Gasteiger partial charge in [0.1, 0.15) is 12.5 Å². The molecule has 1 N–H and O–H groups in total. The molecule has 0 aliphatic carbocycles. The highest BCUT2D eigenvalue weighted by Crippen LogP contribution is 2.26. The van der Waals surface area contributed by atoms with E-state index < -0.39 is 18.0 Å². The summed E-state index contributed by atoms with van der Waals surface area (Å²) >= 11 is 6.09. The molecule has 1 amide bonds. The van der Waals surface area contributed by atoms with Crippen LogP contribution in [0.15, 0.2) is 48.5 Å². The summed E-state index contributed by atoms with van der Waals surface area (Å²) in [6.07, 6.45) is -0.708. The third-order valence-corrected chi connectivity index (χ3v) is 3.62. The molecule has 0 saturated carbocycles. The number of hydrogen-bond donors (Lipinski definition) is 1. The molecule has 0 fully saturated rings. The van der Waals surface area contributed by atoms with Gasteiger partial charge in [-0.2, -0.15) is 5.26 Å². The van der Waals surface area contributed by atoms with Crippen molar-refractivity contribution in [3.05, 3.63) is 64.7 Å². The molecule has 122 valence electrons. The summed E-state index contributed by atoms with van der Waals surface area (Å²) in [7, 11) is 0. The summed E-state index contributed by atoms with van der Waals surface area (Å²) < 4.78 is 5.41. The Kier molecular flexibility index (Phi) is 5.94. The van der Waals surface area contributed by atoms with Crippen LogP contribution in [-0.4, -0.2) is 11.9 Å². The van der Waals surface area contributed by atoms with E-state index in [0.717, 1.165) is 5.56 Å². The first-order valence-corrected chi connectivity index (χ1v) is 7.61. The number of rotatable bonds is 5. The molecule has 5 nitrogen and oxygen atoms in total. The predicted molar refractivity (Wildman–Crippen MR) is 90.6 cm³/mol. The highest BCUT2D eigenvalue weighted by Gasteiger charge is 2.16. The number of benzene rings is 2. The fourth-order valence-electron chi connectivity index (χ4n) is 2.06. The van der Waals surface area contributed by atoms with E-state index in [2.05, 4.69) is 5.32 Å². The van der Waals surface area contributed by atoms with Crippen molar-refractivity contribution in [3.63, 3.8) is 0 Å². The molecule has 0 aliphatic heterocycles. The van der Waals surface area contributed by atoms with E-state index in [1.54, 1.807) is 55.5 Å².